The minimum Gasteiger partial charge on any atom is -0.423 e. The summed E-state index contributed by atoms with van der Waals surface area (Å²) in [5, 5.41) is 10.9. The van der Waals surface area contributed by atoms with E-state index in [0.29, 0.717) is 27.4 Å². The number of halogens is 1. The van der Waals surface area contributed by atoms with Gasteiger partial charge < -0.3 is 4.74 Å². The maximum Gasteiger partial charge on any atom is 0.343 e. The van der Waals surface area contributed by atoms with Gasteiger partial charge >= 0.3 is 5.97 Å². The number of nitrogens with one attached hydrogen (secondary N) is 1. The van der Waals surface area contributed by atoms with Crippen LogP contribution >= 0.6 is 11.6 Å². The maximum atomic E-state index is 12.0. The van der Waals surface area contributed by atoms with E-state index in [-0.39, 0.29) is 0 Å². The van der Waals surface area contributed by atoms with E-state index in [1.807, 2.05) is 0 Å². The fraction of sp³-hybridized carbons (Fsp3) is 0. The smallest absolute Gasteiger partial charge is 0.343 e. The molecule has 2 aromatic carbocycles. The monoisotopic (exact) mass is 273 g/mol. The predicted octanol–water partition coefficient (Wildman–Crippen LogP) is 2.83. The largest absolute Gasteiger partial charge is 0.423 e. The summed E-state index contributed by atoms with van der Waals surface area (Å²) in [4.78, 5) is 12.0. The van der Waals surface area contributed by atoms with Crippen molar-refractivity contribution in [2.45, 2.75) is 0 Å². The Morgan fingerprint density at radius 3 is 2.58 bits per heavy atom. The van der Waals surface area contributed by atoms with Crippen LogP contribution in [0.25, 0.3) is 11.0 Å². The number of nitrogens with zero attached hydrogens (tertiary/aromatic N) is 2. The fourth-order valence-electron chi connectivity index (χ4n) is 1.64. The first kappa shape index (κ1) is 11.7. The molecule has 6 heteroatoms. The van der Waals surface area contributed by atoms with Crippen LogP contribution in [0.15, 0.2) is 42.5 Å². The first-order valence-electron chi connectivity index (χ1n) is 5.51. The van der Waals surface area contributed by atoms with E-state index < -0.39 is 5.97 Å². The van der Waals surface area contributed by atoms with Crippen molar-refractivity contribution >= 4 is 28.6 Å². The summed E-state index contributed by atoms with van der Waals surface area (Å²) in [5.41, 5.74) is 1.73. The second kappa shape index (κ2) is 4.70. The van der Waals surface area contributed by atoms with Crippen molar-refractivity contribution in [1.82, 2.24) is 15.4 Å². The number of fused-ring (bicyclic) bond motifs is 1. The van der Waals surface area contributed by atoms with Gasteiger partial charge in [-0.1, -0.05) is 11.6 Å². The number of aromatic amines is 1. The van der Waals surface area contributed by atoms with Crippen LogP contribution in [0, 0.1) is 0 Å². The Balaban J connectivity index is 1.84. The second-order valence-corrected chi connectivity index (χ2v) is 4.31. The molecule has 0 spiro atoms. The van der Waals surface area contributed by atoms with Gasteiger partial charge in [0.2, 0.25) is 0 Å². The molecular formula is C13H8ClN3O2. The van der Waals surface area contributed by atoms with Crippen molar-refractivity contribution in [2.24, 2.45) is 0 Å². The Morgan fingerprint density at radius 1 is 1.05 bits per heavy atom. The molecular weight excluding hydrogens is 266 g/mol. The molecule has 0 aliphatic heterocycles. The molecule has 94 valence electrons. The third-order valence-corrected chi connectivity index (χ3v) is 2.83. The first-order valence-corrected chi connectivity index (χ1v) is 5.88. The highest BCUT2D eigenvalue weighted by molar-refractivity contribution is 6.30. The van der Waals surface area contributed by atoms with Gasteiger partial charge in [0.25, 0.3) is 0 Å². The molecule has 0 fully saturated rings. The van der Waals surface area contributed by atoms with E-state index >= 15 is 0 Å². The molecule has 0 aliphatic rings. The number of carbonyl (C=O) groups is 1. The van der Waals surface area contributed by atoms with Crippen LogP contribution in [0.3, 0.4) is 0 Å². The van der Waals surface area contributed by atoms with Crippen molar-refractivity contribution in [3.63, 3.8) is 0 Å². The summed E-state index contributed by atoms with van der Waals surface area (Å²) in [6.45, 7) is 0. The molecule has 3 rings (SSSR count). The minimum absolute atomic E-state index is 0.413. The number of hydrogen-bond donors (Lipinski definition) is 1. The number of H-pyrrole nitrogens is 1. The van der Waals surface area contributed by atoms with E-state index in [4.69, 9.17) is 16.3 Å². The number of hydrogen-bond acceptors (Lipinski definition) is 4. The molecule has 0 saturated carbocycles. The van der Waals surface area contributed by atoms with Crippen LogP contribution in [0.1, 0.15) is 10.4 Å². The number of benzene rings is 2. The zero-order valence-corrected chi connectivity index (χ0v) is 10.4. The summed E-state index contributed by atoms with van der Waals surface area (Å²) in [6.07, 6.45) is 0. The molecule has 0 amide bonds. The van der Waals surface area contributed by atoms with Crippen LogP contribution < -0.4 is 4.74 Å². The van der Waals surface area contributed by atoms with Gasteiger partial charge in [-0.25, -0.2) is 4.79 Å². The third-order valence-electron chi connectivity index (χ3n) is 2.58. The molecule has 0 bridgehead atoms. The maximum absolute atomic E-state index is 12.0. The fourth-order valence-corrected chi connectivity index (χ4v) is 1.76. The lowest BCUT2D eigenvalue weighted by Crippen LogP contribution is -2.08. The number of ether oxygens (including phenoxy) is 1. The Labute approximate surface area is 113 Å². The molecule has 0 saturated heterocycles. The Bertz CT molecular complexity index is 737. The normalized spacial score (nSPS) is 10.6. The van der Waals surface area contributed by atoms with Gasteiger partial charge in [0.05, 0.1) is 5.56 Å². The Morgan fingerprint density at radius 2 is 1.79 bits per heavy atom. The van der Waals surface area contributed by atoms with E-state index in [9.17, 15) is 4.79 Å². The lowest BCUT2D eigenvalue weighted by atomic mass is 10.2. The average molecular weight is 274 g/mol. The van der Waals surface area contributed by atoms with Gasteiger partial charge in [0.1, 0.15) is 16.8 Å². The van der Waals surface area contributed by atoms with Crippen LogP contribution in [0.5, 0.6) is 5.75 Å². The van der Waals surface area contributed by atoms with Crippen LogP contribution in [0.2, 0.25) is 5.02 Å². The molecule has 3 aromatic rings. The SMILES string of the molecule is O=C(Oc1ccc(Cl)cc1)c1ccc2n[nH]nc2c1. The zero-order chi connectivity index (χ0) is 13.2. The van der Waals surface area contributed by atoms with Gasteiger partial charge in [-0.15, -0.1) is 0 Å². The molecule has 0 unspecified atom stereocenters. The average Bonchev–Trinajstić information content (AvgIpc) is 2.88. The summed E-state index contributed by atoms with van der Waals surface area (Å²) in [7, 11) is 0. The molecule has 0 radical (unpaired) electrons. The molecule has 0 aliphatic carbocycles. The van der Waals surface area contributed by atoms with Crippen molar-refractivity contribution in [3.05, 3.63) is 53.1 Å². The van der Waals surface area contributed by atoms with Crippen LogP contribution in [-0.4, -0.2) is 21.4 Å². The molecule has 1 heterocycles. The highest BCUT2D eigenvalue weighted by Crippen LogP contribution is 2.18. The van der Waals surface area contributed by atoms with Crippen molar-refractivity contribution < 1.29 is 9.53 Å². The highest BCUT2D eigenvalue weighted by atomic mass is 35.5. The van der Waals surface area contributed by atoms with Gasteiger partial charge in [-0.2, -0.15) is 15.4 Å². The molecule has 1 N–H and O–H groups in total. The Kier molecular flexibility index (Phi) is 2.89. The second-order valence-electron chi connectivity index (χ2n) is 3.87. The zero-order valence-electron chi connectivity index (χ0n) is 9.63. The third kappa shape index (κ3) is 2.41. The summed E-state index contributed by atoms with van der Waals surface area (Å²) in [5.74, 6) is -0.0122. The lowest BCUT2D eigenvalue weighted by molar-refractivity contribution is 0.0735. The Hall–Kier alpha value is -2.40. The molecule has 0 atom stereocenters. The quantitative estimate of drug-likeness (QED) is 0.576. The van der Waals surface area contributed by atoms with Gasteiger partial charge in [0, 0.05) is 5.02 Å². The number of carbonyl (C=O) groups excluding carboxylic acids is 1. The van der Waals surface area contributed by atoms with E-state index in [1.165, 1.54) is 0 Å². The van der Waals surface area contributed by atoms with Crippen molar-refractivity contribution in [2.75, 3.05) is 0 Å². The highest BCUT2D eigenvalue weighted by Gasteiger charge is 2.10. The predicted molar refractivity (Wildman–Crippen MR) is 70.3 cm³/mol. The minimum atomic E-state index is -0.452. The van der Waals surface area contributed by atoms with Gasteiger partial charge in [-0.3, -0.25) is 0 Å². The lowest BCUT2D eigenvalue weighted by Gasteiger charge is -2.04. The molecule has 5 nitrogen and oxygen atoms in total. The number of esters is 1. The van der Waals surface area contributed by atoms with Crippen molar-refractivity contribution in [1.29, 1.82) is 0 Å². The van der Waals surface area contributed by atoms with Crippen LogP contribution in [-0.2, 0) is 0 Å². The first-order chi connectivity index (χ1) is 9.22. The van der Waals surface area contributed by atoms with E-state index in [2.05, 4.69) is 15.4 Å². The summed E-state index contributed by atoms with van der Waals surface area (Å²) in [6, 6.07) is 11.6. The van der Waals surface area contributed by atoms with Gasteiger partial charge in [0.15, 0.2) is 0 Å². The molecule has 1 aromatic heterocycles. The number of rotatable bonds is 2. The summed E-state index contributed by atoms with van der Waals surface area (Å²) < 4.78 is 5.22. The molecule has 19 heavy (non-hydrogen) atoms. The summed E-state index contributed by atoms with van der Waals surface area (Å²) >= 11 is 5.76. The van der Waals surface area contributed by atoms with Gasteiger partial charge in [-0.05, 0) is 42.5 Å². The van der Waals surface area contributed by atoms with E-state index in [0.717, 1.165) is 0 Å². The standard InChI is InChI=1S/C13H8ClN3O2/c14-9-2-4-10(5-3-9)19-13(18)8-1-6-11-12(7-8)16-17-15-11/h1-7H,(H,15,16,17). The van der Waals surface area contributed by atoms with E-state index in [1.54, 1.807) is 42.5 Å². The van der Waals surface area contributed by atoms with Crippen LogP contribution in [0.4, 0.5) is 0 Å². The topological polar surface area (TPSA) is 67.9 Å². The van der Waals surface area contributed by atoms with Crippen molar-refractivity contribution in [3.8, 4) is 5.75 Å². The number of aromatic nitrogens is 3.